The molecule has 0 saturated heterocycles. The van der Waals surface area contributed by atoms with Crippen molar-refractivity contribution in [2.45, 2.75) is 43.5 Å². The van der Waals surface area contributed by atoms with E-state index in [0.29, 0.717) is 25.2 Å². The molecule has 0 aliphatic heterocycles. The fourth-order valence-corrected chi connectivity index (χ4v) is 2.26. The van der Waals surface area contributed by atoms with Gasteiger partial charge in [0.25, 0.3) is 0 Å². The van der Waals surface area contributed by atoms with Crippen LogP contribution in [0.15, 0.2) is 0 Å². The number of ether oxygens (including phenoxy) is 1. The van der Waals surface area contributed by atoms with E-state index in [1.54, 1.807) is 0 Å². The van der Waals surface area contributed by atoms with E-state index in [2.05, 4.69) is 14.1 Å². The van der Waals surface area contributed by atoms with Crippen LogP contribution in [0, 0.1) is 5.92 Å². The molecule has 1 saturated carbocycles. The van der Waals surface area contributed by atoms with E-state index in [4.69, 9.17) is 5.11 Å². The van der Waals surface area contributed by atoms with Crippen molar-refractivity contribution in [3.63, 3.8) is 0 Å². The Bertz CT molecular complexity index is 283. The number of esters is 1. The average molecular weight is 301 g/mol. The molecule has 1 aliphatic rings. The zero-order chi connectivity index (χ0) is 14.3. The molecule has 0 bridgehead atoms. The monoisotopic (exact) mass is 301 g/mol. The second kappa shape index (κ2) is 7.95. The highest BCUT2D eigenvalue weighted by molar-refractivity contribution is 7.96. The van der Waals surface area contributed by atoms with Gasteiger partial charge in [0.1, 0.15) is 18.1 Å². The largest absolute Gasteiger partial charge is 0.691 e. The molecule has 0 aromatic carbocycles. The summed E-state index contributed by atoms with van der Waals surface area (Å²) < 4.78 is 34.2. The highest BCUT2D eigenvalue weighted by Gasteiger charge is 2.45. The van der Waals surface area contributed by atoms with E-state index >= 15 is 0 Å². The van der Waals surface area contributed by atoms with E-state index in [0.717, 1.165) is 12.8 Å². The molecule has 0 aromatic heterocycles. The van der Waals surface area contributed by atoms with Gasteiger partial charge in [0.2, 0.25) is 0 Å². The maximum absolute atomic E-state index is 13.1. The third kappa shape index (κ3) is 5.57. The van der Waals surface area contributed by atoms with Crippen LogP contribution in [-0.4, -0.2) is 29.0 Å². The smallest absolute Gasteiger partial charge is 0.415 e. The van der Waals surface area contributed by atoms with Crippen LogP contribution in [0.2, 0.25) is 0 Å². The number of halogens is 2. The predicted octanol–water partition coefficient (Wildman–Crippen LogP) is 0.935. The van der Waals surface area contributed by atoms with Crippen LogP contribution < -0.4 is 5.26 Å². The van der Waals surface area contributed by atoms with Crippen LogP contribution >= 0.6 is 12.0 Å². The molecule has 6 nitrogen and oxygen atoms in total. The number of aliphatic hydroxyl groups is 1. The molecule has 19 heavy (non-hydrogen) atoms. The minimum atomic E-state index is -3.98. The van der Waals surface area contributed by atoms with E-state index in [-0.39, 0.29) is 6.61 Å². The normalized spacial score (nSPS) is 24.2. The fraction of sp³-hybridized carbons (Fsp3) is 0.900. The highest BCUT2D eigenvalue weighted by atomic mass is 32.2. The van der Waals surface area contributed by atoms with Crippen molar-refractivity contribution in [2.24, 2.45) is 5.92 Å². The Morgan fingerprint density at radius 1 is 1.37 bits per heavy atom. The second-order valence-corrected chi connectivity index (χ2v) is 5.11. The topological polar surface area (TPSA) is 88.1 Å². The summed E-state index contributed by atoms with van der Waals surface area (Å²) in [5.41, 5.74) is 0. The number of carbonyl (C=O) groups excluding carboxylic acids is 1. The maximum Gasteiger partial charge on any atom is 0.415 e. The van der Waals surface area contributed by atoms with E-state index < -0.39 is 29.4 Å². The van der Waals surface area contributed by atoms with Crippen molar-refractivity contribution < 1.29 is 38.0 Å². The van der Waals surface area contributed by atoms with Crippen LogP contribution in [0.3, 0.4) is 0 Å². The first-order valence-corrected chi connectivity index (χ1v) is 6.58. The standard InChI is InChI=1S/C10H16F2O6S/c11-10(12,19-18-17-15)9(14)16-8-3-1-7(2-4-8)5-6-13/h7-8,13,15H,1-6H2/p-1. The third-order valence-corrected chi connectivity index (χ3v) is 3.51. The van der Waals surface area contributed by atoms with Crippen LogP contribution in [-0.2, 0) is 18.9 Å². The number of aliphatic hydroxyl groups excluding tert-OH is 1. The van der Waals surface area contributed by atoms with Crippen molar-refractivity contribution in [3.8, 4) is 0 Å². The third-order valence-electron chi connectivity index (χ3n) is 3.01. The summed E-state index contributed by atoms with van der Waals surface area (Å²) in [6.07, 6.45) is 2.50. The summed E-state index contributed by atoms with van der Waals surface area (Å²) in [6, 6.07) is 0. The zero-order valence-corrected chi connectivity index (χ0v) is 10.9. The lowest BCUT2D eigenvalue weighted by atomic mass is 9.85. The molecular formula is C10H15F2O6S-. The first kappa shape index (κ1) is 16.6. The Balaban J connectivity index is 2.33. The van der Waals surface area contributed by atoms with Gasteiger partial charge in [-0.1, -0.05) is 0 Å². The van der Waals surface area contributed by atoms with Gasteiger partial charge in [0, 0.05) is 6.61 Å². The Morgan fingerprint density at radius 2 is 2.00 bits per heavy atom. The Morgan fingerprint density at radius 3 is 2.53 bits per heavy atom. The number of hydrogen-bond donors (Lipinski definition) is 1. The molecule has 1 N–H and O–H groups in total. The molecule has 1 rings (SSSR count). The SMILES string of the molecule is O=C(OC1CCC(CCO)CC1)C(F)(F)SOO[O-]. The average Bonchev–Trinajstić information content (AvgIpc) is 2.39. The maximum atomic E-state index is 13.1. The van der Waals surface area contributed by atoms with E-state index in [1.165, 1.54) is 0 Å². The molecule has 112 valence electrons. The second-order valence-electron chi connectivity index (χ2n) is 4.30. The van der Waals surface area contributed by atoms with Crippen molar-refractivity contribution in [1.82, 2.24) is 0 Å². The van der Waals surface area contributed by atoms with Crippen molar-refractivity contribution in [1.29, 1.82) is 0 Å². The molecule has 0 radical (unpaired) electrons. The molecule has 1 aliphatic carbocycles. The lowest BCUT2D eigenvalue weighted by molar-refractivity contribution is -0.777. The van der Waals surface area contributed by atoms with Crippen molar-refractivity contribution in [3.05, 3.63) is 0 Å². The van der Waals surface area contributed by atoms with Crippen LogP contribution in [0.4, 0.5) is 8.78 Å². The zero-order valence-electron chi connectivity index (χ0n) is 10.0. The van der Waals surface area contributed by atoms with E-state index in [1.807, 2.05) is 0 Å². The van der Waals surface area contributed by atoms with Gasteiger partial charge in [0.15, 0.2) is 0 Å². The lowest BCUT2D eigenvalue weighted by Crippen LogP contribution is -2.33. The quantitative estimate of drug-likeness (QED) is 0.324. The van der Waals surface area contributed by atoms with Gasteiger partial charge in [-0.3, -0.25) is 5.04 Å². The molecule has 1 fully saturated rings. The number of carbonyl (C=O) groups is 1. The predicted molar refractivity (Wildman–Crippen MR) is 58.2 cm³/mol. The molecule has 0 spiro atoms. The summed E-state index contributed by atoms with van der Waals surface area (Å²) in [6.45, 7) is 0.0936. The van der Waals surface area contributed by atoms with E-state index in [9.17, 15) is 18.8 Å². The summed E-state index contributed by atoms with van der Waals surface area (Å²) in [5, 5.41) is 17.0. The first-order valence-electron chi connectivity index (χ1n) is 5.83. The Hall–Kier alpha value is -0.480. The van der Waals surface area contributed by atoms with Gasteiger partial charge in [0.05, 0.1) is 0 Å². The number of hydrogen-bond acceptors (Lipinski definition) is 7. The minimum absolute atomic E-state index is 0.0936. The van der Waals surface area contributed by atoms with Gasteiger partial charge >= 0.3 is 11.2 Å². The van der Waals surface area contributed by atoms with Crippen LogP contribution in [0.1, 0.15) is 32.1 Å². The summed E-state index contributed by atoms with van der Waals surface area (Å²) in [5.74, 6) is -1.41. The van der Waals surface area contributed by atoms with Gasteiger partial charge in [-0.2, -0.15) is 13.1 Å². The molecule has 0 heterocycles. The molecule has 0 aromatic rings. The van der Waals surface area contributed by atoms with Crippen LogP contribution in [0.25, 0.3) is 0 Å². The van der Waals surface area contributed by atoms with Crippen molar-refractivity contribution in [2.75, 3.05) is 6.61 Å². The van der Waals surface area contributed by atoms with Gasteiger partial charge in [-0.05, 0) is 38.0 Å². The van der Waals surface area contributed by atoms with Gasteiger partial charge in [-0.15, -0.1) is 0 Å². The van der Waals surface area contributed by atoms with Gasteiger partial charge in [-0.25, -0.2) is 4.79 Å². The molecule has 0 amide bonds. The summed E-state index contributed by atoms with van der Waals surface area (Å²) in [7, 11) is 0. The minimum Gasteiger partial charge on any atom is -0.691 e. The van der Waals surface area contributed by atoms with Crippen LogP contribution in [0.5, 0.6) is 0 Å². The van der Waals surface area contributed by atoms with Gasteiger partial charge < -0.3 is 15.1 Å². The van der Waals surface area contributed by atoms with Crippen molar-refractivity contribution >= 4 is 18.0 Å². The number of rotatable bonds is 7. The molecule has 9 heteroatoms. The lowest BCUT2D eigenvalue weighted by Gasteiger charge is -2.28. The fourth-order valence-electron chi connectivity index (χ4n) is 2.03. The Kier molecular flexibility index (Phi) is 6.94. The molecular weight excluding hydrogens is 286 g/mol. The molecule has 0 unspecified atom stereocenters. The first-order chi connectivity index (χ1) is 8.99. The Labute approximate surface area is 113 Å². The highest BCUT2D eigenvalue weighted by Crippen LogP contribution is 2.34. The number of alkyl halides is 2. The summed E-state index contributed by atoms with van der Waals surface area (Å²) in [4.78, 5) is 11.2. The summed E-state index contributed by atoms with van der Waals surface area (Å²) >= 11 is -0.692. The molecule has 0 atom stereocenters.